The van der Waals surface area contributed by atoms with Crippen LogP contribution in [0.5, 0.6) is 0 Å². The number of hydrogen-bond acceptors (Lipinski definition) is 2. The number of benzene rings is 1. The topological polar surface area (TPSA) is 0 Å². The van der Waals surface area contributed by atoms with E-state index in [2.05, 4.69) is 0 Å². The Hall–Kier alpha value is -0.150. The summed E-state index contributed by atoms with van der Waals surface area (Å²) in [7, 11) is 0. The van der Waals surface area contributed by atoms with Crippen molar-refractivity contribution in [2.24, 2.45) is 0 Å². The predicted octanol–water partition coefficient (Wildman–Crippen LogP) is 3.69. The summed E-state index contributed by atoms with van der Waals surface area (Å²) in [5, 5.41) is 0. The predicted molar refractivity (Wildman–Crippen MR) is 58.7 cm³/mol. The highest BCUT2D eigenvalue weighted by atomic mass is 32.2. The molecule has 0 N–H and O–H groups in total. The first-order valence-corrected chi connectivity index (χ1v) is 6.45. The van der Waals surface area contributed by atoms with E-state index in [1.54, 1.807) is 12.1 Å². The summed E-state index contributed by atoms with van der Waals surface area (Å²) in [5.41, 5.74) is 0.859. The van der Waals surface area contributed by atoms with Crippen molar-refractivity contribution in [3.05, 3.63) is 35.6 Å². The zero-order chi connectivity index (χ0) is 9.10. The van der Waals surface area contributed by atoms with Crippen LogP contribution >= 0.6 is 23.5 Å². The summed E-state index contributed by atoms with van der Waals surface area (Å²) in [5.74, 6) is 2.26. The quantitative estimate of drug-likeness (QED) is 0.699. The number of halogens is 1. The Labute approximate surface area is 86.3 Å². The van der Waals surface area contributed by atoms with E-state index < -0.39 is 0 Å². The van der Waals surface area contributed by atoms with Gasteiger partial charge in [0.2, 0.25) is 0 Å². The van der Waals surface area contributed by atoms with Crippen LogP contribution in [0.3, 0.4) is 0 Å². The smallest absolute Gasteiger partial charge is 0.128 e. The minimum atomic E-state index is -0.0607. The van der Waals surface area contributed by atoms with E-state index in [9.17, 15) is 4.39 Å². The first-order chi connectivity index (χ1) is 6.38. The Balaban J connectivity index is 2.18. The van der Waals surface area contributed by atoms with Gasteiger partial charge in [-0.2, -0.15) is 0 Å². The molecule has 0 aromatic heterocycles. The fraction of sp³-hybridized carbons (Fsp3) is 0.400. The molecule has 0 unspecified atom stereocenters. The molecule has 0 atom stereocenters. The third kappa shape index (κ3) is 2.20. The van der Waals surface area contributed by atoms with E-state index in [0.29, 0.717) is 4.58 Å². The summed E-state index contributed by atoms with van der Waals surface area (Å²) in [6.45, 7) is 0. The molecule has 1 fully saturated rings. The maximum absolute atomic E-state index is 13.3. The molecule has 13 heavy (non-hydrogen) atoms. The van der Waals surface area contributed by atoms with Crippen molar-refractivity contribution < 1.29 is 4.39 Å². The molecule has 1 heterocycles. The molecule has 70 valence electrons. The normalized spacial score (nSPS) is 18.8. The molecule has 3 heteroatoms. The summed E-state index contributed by atoms with van der Waals surface area (Å²) < 4.78 is 13.7. The number of hydrogen-bond donors (Lipinski definition) is 0. The van der Waals surface area contributed by atoms with Gasteiger partial charge in [-0.05, 0) is 24.0 Å². The average molecular weight is 214 g/mol. The van der Waals surface area contributed by atoms with E-state index in [-0.39, 0.29) is 5.82 Å². The van der Waals surface area contributed by atoms with Gasteiger partial charge in [0, 0.05) is 5.56 Å². The summed E-state index contributed by atoms with van der Waals surface area (Å²) >= 11 is 3.71. The third-order valence-electron chi connectivity index (χ3n) is 1.99. The maximum Gasteiger partial charge on any atom is 0.128 e. The van der Waals surface area contributed by atoms with Crippen LogP contribution in [0.2, 0.25) is 0 Å². The van der Waals surface area contributed by atoms with Gasteiger partial charge in [-0.15, -0.1) is 23.5 Å². The van der Waals surface area contributed by atoms with E-state index in [1.165, 1.54) is 6.42 Å². The van der Waals surface area contributed by atoms with Gasteiger partial charge in [0.1, 0.15) is 5.82 Å². The molecular formula is C10H11FS2. The minimum Gasteiger partial charge on any atom is -0.207 e. The molecule has 1 aromatic rings. The van der Waals surface area contributed by atoms with Crippen LogP contribution in [-0.4, -0.2) is 11.5 Å². The molecular weight excluding hydrogens is 203 g/mol. The van der Waals surface area contributed by atoms with Crippen LogP contribution < -0.4 is 0 Å². The molecule has 0 bridgehead atoms. The second-order valence-electron chi connectivity index (χ2n) is 2.95. The molecule has 1 aromatic carbocycles. The lowest BCUT2D eigenvalue weighted by Gasteiger charge is -2.21. The molecule has 2 rings (SSSR count). The van der Waals surface area contributed by atoms with Crippen molar-refractivity contribution in [3.63, 3.8) is 0 Å². The van der Waals surface area contributed by atoms with E-state index in [1.807, 2.05) is 35.7 Å². The van der Waals surface area contributed by atoms with Crippen molar-refractivity contribution >= 4 is 23.5 Å². The molecule has 0 radical (unpaired) electrons. The Morgan fingerprint density at radius 1 is 1.15 bits per heavy atom. The van der Waals surface area contributed by atoms with Crippen molar-refractivity contribution in [2.45, 2.75) is 11.0 Å². The molecule has 1 aliphatic rings. The van der Waals surface area contributed by atoms with Gasteiger partial charge in [-0.3, -0.25) is 0 Å². The summed E-state index contributed by atoms with van der Waals surface area (Å²) in [6.07, 6.45) is 1.25. The molecule has 1 saturated heterocycles. The first-order valence-electron chi connectivity index (χ1n) is 4.35. The monoisotopic (exact) mass is 214 g/mol. The van der Waals surface area contributed by atoms with Gasteiger partial charge in [-0.25, -0.2) is 4.39 Å². The van der Waals surface area contributed by atoms with Gasteiger partial charge in [0.15, 0.2) is 0 Å². The molecule has 0 nitrogen and oxygen atoms in total. The highest BCUT2D eigenvalue weighted by Gasteiger charge is 2.18. The lowest BCUT2D eigenvalue weighted by atomic mass is 10.2. The van der Waals surface area contributed by atoms with Crippen LogP contribution in [0.1, 0.15) is 16.6 Å². The number of thioether (sulfide) groups is 2. The van der Waals surface area contributed by atoms with Crippen molar-refractivity contribution in [1.82, 2.24) is 0 Å². The van der Waals surface area contributed by atoms with Gasteiger partial charge >= 0.3 is 0 Å². The fourth-order valence-electron chi connectivity index (χ4n) is 1.33. The Kier molecular flexibility index (Phi) is 3.17. The van der Waals surface area contributed by atoms with Crippen LogP contribution in [0.4, 0.5) is 4.39 Å². The Morgan fingerprint density at radius 3 is 2.54 bits per heavy atom. The summed E-state index contributed by atoms with van der Waals surface area (Å²) in [4.78, 5) is 0. The second-order valence-corrected chi connectivity index (χ2v) is 5.67. The second kappa shape index (κ2) is 4.38. The zero-order valence-corrected chi connectivity index (χ0v) is 8.84. The SMILES string of the molecule is Fc1ccccc1C1SCCCS1. The van der Waals surface area contributed by atoms with Crippen molar-refractivity contribution in [2.75, 3.05) is 11.5 Å². The molecule has 0 saturated carbocycles. The van der Waals surface area contributed by atoms with Gasteiger partial charge in [0.25, 0.3) is 0 Å². The molecule has 0 spiro atoms. The standard InChI is InChI=1S/C10H11FS2/c11-9-5-2-1-4-8(9)10-12-6-3-7-13-10/h1-2,4-5,10H,3,6-7H2. The minimum absolute atomic E-state index is 0.0607. The number of rotatable bonds is 1. The zero-order valence-electron chi connectivity index (χ0n) is 7.20. The highest BCUT2D eigenvalue weighted by Crippen LogP contribution is 2.44. The average Bonchev–Trinajstić information content (AvgIpc) is 2.20. The Bertz CT molecular complexity index is 282. The lowest BCUT2D eigenvalue weighted by molar-refractivity contribution is 0.616. The Morgan fingerprint density at radius 2 is 1.85 bits per heavy atom. The van der Waals surface area contributed by atoms with Gasteiger partial charge in [-0.1, -0.05) is 18.2 Å². The maximum atomic E-state index is 13.3. The van der Waals surface area contributed by atoms with E-state index in [4.69, 9.17) is 0 Å². The highest BCUT2D eigenvalue weighted by molar-refractivity contribution is 8.16. The third-order valence-corrected chi connectivity index (χ3v) is 4.96. The molecule has 0 amide bonds. The van der Waals surface area contributed by atoms with Crippen LogP contribution in [0, 0.1) is 5.82 Å². The van der Waals surface area contributed by atoms with Gasteiger partial charge < -0.3 is 0 Å². The van der Waals surface area contributed by atoms with E-state index >= 15 is 0 Å². The van der Waals surface area contributed by atoms with Crippen molar-refractivity contribution in [1.29, 1.82) is 0 Å². The van der Waals surface area contributed by atoms with Crippen LogP contribution in [0.25, 0.3) is 0 Å². The van der Waals surface area contributed by atoms with Gasteiger partial charge in [0.05, 0.1) is 4.58 Å². The fourth-order valence-corrected chi connectivity index (χ4v) is 4.27. The van der Waals surface area contributed by atoms with Crippen LogP contribution in [-0.2, 0) is 0 Å². The molecule has 1 aliphatic heterocycles. The van der Waals surface area contributed by atoms with E-state index in [0.717, 1.165) is 17.1 Å². The van der Waals surface area contributed by atoms with Crippen LogP contribution in [0.15, 0.2) is 24.3 Å². The molecule has 0 aliphatic carbocycles. The first kappa shape index (κ1) is 9.41. The summed E-state index contributed by atoms with van der Waals surface area (Å²) in [6, 6.07) is 7.10. The largest absolute Gasteiger partial charge is 0.207 e. The van der Waals surface area contributed by atoms with Crippen molar-refractivity contribution in [3.8, 4) is 0 Å². The lowest BCUT2D eigenvalue weighted by Crippen LogP contribution is -2.01.